The fourth-order valence-electron chi connectivity index (χ4n) is 10.2. The molecule has 11 aromatic rings. The van der Waals surface area contributed by atoms with Crippen molar-refractivity contribution in [3.8, 4) is 55.6 Å². The highest BCUT2D eigenvalue weighted by atomic mass is 32.3. The van der Waals surface area contributed by atoms with Gasteiger partial charge in [0.05, 0.1) is 0 Å². The summed E-state index contributed by atoms with van der Waals surface area (Å²) in [5.74, 6) is 1.09. The Morgan fingerprint density at radius 3 is 1.62 bits per heavy atom. The number of hydrogen-bond donors (Lipinski definition) is 0. The summed E-state index contributed by atoms with van der Waals surface area (Å²) in [6.45, 7) is 0. The molecule has 1 aliphatic rings. The maximum Gasteiger partial charge on any atom is 0.00648 e. The van der Waals surface area contributed by atoms with Gasteiger partial charge in [-0.25, -0.2) is 10.0 Å². The zero-order chi connectivity index (χ0) is 40.0. The fraction of sp³-hybridized carbons (Fsp3) is 0.0508. The van der Waals surface area contributed by atoms with Gasteiger partial charge in [-0.2, -0.15) is 0 Å². The average molecular weight is 783 g/mol. The van der Waals surface area contributed by atoms with E-state index >= 15 is 0 Å². The van der Waals surface area contributed by atoms with Gasteiger partial charge in [0.25, 0.3) is 0 Å². The average Bonchev–Trinajstić information content (AvgIpc) is 3.30. The fourth-order valence-corrected chi connectivity index (χ4v) is 12.6. The Hall–Kier alpha value is -6.93. The predicted octanol–water partition coefficient (Wildman–Crippen LogP) is 16.7. The molecule has 0 N–H and O–H groups in total. The van der Waals surface area contributed by atoms with E-state index < -0.39 is 10.0 Å². The Balaban J connectivity index is 1.22. The molecule has 1 heteroatoms. The second-order valence-electron chi connectivity index (χ2n) is 16.9. The third kappa shape index (κ3) is 5.54. The van der Waals surface area contributed by atoms with E-state index in [9.17, 15) is 0 Å². The molecule has 0 saturated heterocycles. The highest BCUT2D eigenvalue weighted by Gasteiger charge is 2.30. The van der Waals surface area contributed by atoms with Crippen molar-refractivity contribution < 1.29 is 0 Å². The minimum Gasteiger partial charge on any atom is -0.216 e. The van der Waals surface area contributed by atoms with Crippen LogP contribution in [0.2, 0.25) is 0 Å². The zero-order valence-electron chi connectivity index (χ0n) is 33.7. The Labute approximate surface area is 352 Å². The maximum absolute atomic E-state index is 2.61. The van der Waals surface area contributed by atoms with Gasteiger partial charge < -0.3 is 0 Å². The van der Waals surface area contributed by atoms with Crippen molar-refractivity contribution in [2.75, 3.05) is 12.5 Å². The Kier molecular flexibility index (Phi) is 7.92. The van der Waals surface area contributed by atoms with Gasteiger partial charge in [-0.1, -0.05) is 176 Å². The molecule has 0 bridgehead atoms. The lowest BCUT2D eigenvalue weighted by Gasteiger charge is -2.39. The molecule has 0 amide bonds. The van der Waals surface area contributed by atoms with Crippen molar-refractivity contribution in [1.82, 2.24) is 0 Å². The topological polar surface area (TPSA) is 0 Å². The van der Waals surface area contributed by atoms with Crippen LogP contribution in [-0.2, 0) is 5.75 Å². The molecule has 0 radical (unpaired) electrons. The van der Waals surface area contributed by atoms with E-state index in [-0.39, 0.29) is 0 Å². The van der Waals surface area contributed by atoms with Gasteiger partial charge in [-0.15, -0.1) is 0 Å². The Bertz CT molecular complexity index is 3540. The van der Waals surface area contributed by atoms with Gasteiger partial charge in [-0.3, -0.25) is 0 Å². The molecule has 12 rings (SSSR count). The van der Waals surface area contributed by atoms with Crippen LogP contribution < -0.4 is 0 Å². The van der Waals surface area contributed by atoms with Gasteiger partial charge in [0, 0.05) is 5.75 Å². The quantitative estimate of drug-likeness (QED) is 0.156. The molecule has 0 fully saturated rings. The van der Waals surface area contributed by atoms with E-state index in [1.807, 2.05) is 0 Å². The molecule has 11 aromatic carbocycles. The summed E-state index contributed by atoms with van der Waals surface area (Å²) in [6, 6.07) is 77.6. The van der Waals surface area contributed by atoms with Crippen molar-refractivity contribution >= 4 is 63.9 Å². The van der Waals surface area contributed by atoms with Crippen molar-refractivity contribution in [3.05, 3.63) is 212 Å². The van der Waals surface area contributed by atoms with Crippen molar-refractivity contribution in [3.63, 3.8) is 0 Å². The number of hydrogen-bond acceptors (Lipinski definition) is 0. The largest absolute Gasteiger partial charge is 0.216 e. The van der Waals surface area contributed by atoms with Gasteiger partial charge >= 0.3 is 0 Å². The molecule has 0 atom stereocenters. The summed E-state index contributed by atoms with van der Waals surface area (Å²) in [6.07, 6.45) is 5.02. The molecule has 284 valence electrons. The normalized spacial score (nSPS) is 13.8. The molecule has 60 heavy (non-hydrogen) atoms. The van der Waals surface area contributed by atoms with Crippen molar-refractivity contribution in [2.24, 2.45) is 0 Å². The smallest absolute Gasteiger partial charge is 0.00648 e. The second-order valence-corrected chi connectivity index (χ2v) is 20.7. The molecule has 0 unspecified atom stereocenters. The first kappa shape index (κ1) is 35.1. The predicted molar refractivity (Wildman–Crippen MR) is 263 cm³/mol. The van der Waals surface area contributed by atoms with Crippen LogP contribution in [-0.4, -0.2) is 12.5 Å². The van der Waals surface area contributed by atoms with Crippen LogP contribution in [0.15, 0.2) is 211 Å². The summed E-state index contributed by atoms with van der Waals surface area (Å²) in [4.78, 5) is 1.50. The summed E-state index contributed by atoms with van der Waals surface area (Å²) in [7, 11) is -1.14. The lowest BCUT2D eigenvalue weighted by molar-refractivity contribution is 1.29. The van der Waals surface area contributed by atoms with Crippen LogP contribution in [0.4, 0.5) is 0 Å². The Morgan fingerprint density at radius 1 is 0.300 bits per heavy atom. The molecular formula is C59H42S. The number of fused-ring (bicyclic) bond motifs is 8. The third-order valence-electron chi connectivity index (χ3n) is 13.0. The van der Waals surface area contributed by atoms with E-state index in [2.05, 4.69) is 219 Å². The molecule has 0 nitrogen and oxygen atoms in total. The first-order valence-corrected chi connectivity index (χ1v) is 23.5. The van der Waals surface area contributed by atoms with E-state index in [0.29, 0.717) is 0 Å². The molecular weight excluding hydrogens is 741 g/mol. The SMILES string of the molecule is CS1(C)Cc2ccccc2-c2cc3c(-c4ccc(-c5ccc6ccccc6c5)c5ccccc45)c4ccc(-c5ccc6ccccc6c5)cc4c(-c4ccccc4)c3cc21. The first-order chi connectivity index (χ1) is 29.5. The van der Waals surface area contributed by atoms with Crippen LogP contribution in [0.1, 0.15) is 5.56 Å². The molecule has 0 spiro atoms. The summed E-state index contributed by atoms with van der Waals surface area (Å²) in [5.41, 5.74) is 14.3. The molecule has 0 aromatic heterocycles. The van der Waals surface area contributed by atoms with E-state index in [1.54, 1.807) is 0 Å². The summed E-state index contributed by atoms with van der Waals surface area (Å²) >= 11 is 0. The minimum absolute atomic E-state index is 1.09. The Morgan fingerprint density at radius 2 is 0.850 bits per heavy atom. The maximum atomic E-state index is 2.61. The van der Waals surface area contributed by atoms with Crippen molar-refractivity contribution in [1.29, 1.82) is 0 Å². The third-order valence-corrected chi connectivity index (χ3v) is 15.6. The molecule has 1 aliphatic heterocycles. The van der Waals surface area contributed by atoms with Crippen LogP contribution >= 0.6 is 10.0 Å². The molecule has 0 saturated carbocycles. The number of rotatable bonds is 4. The lowest BCUT2D eigenvalue weighted by atomic mass is 9.82. The van der Waals surface area contributed by atoms with E-state index in [4.69, 9.17) is 0 Å². The van der Waals surface area contributed by atoms with E-state index in [1.165, 1.54) is 120 Å². The lowest BCUT2D eigenvalue weighted by Crippen LogP contribution is -2.09. The van der Waals surface area contributed by atoms with Crippen LogP contribution in [0, 0.1) is 0 Å². The highest BCUT2D eigenvalue weighted by molar-refractivity contribution is 8.32. The van der Waals surface area contributed by atoms with Crippen LogP contribution in [0.25, 0.3) is 109 Å². The molecule has 0 aliphatic carbocycles. The minimum atomic E-state index is -1.14. The first-order valence-electron chi connectivity index (χ1n) is 20.9. The summed E-state index contributed by atoms with van der Waals surface area (Å²) < 4.78 is 0. The monoisotopic (exact) mass is 782 g/mol. The highest BCUT2D eigenvalue weighted by Crippen LogP contribution is 2.62. The van der Waals surface area contributed by atoms with Crippen LogP contribution in [0.5, 0.6) is 0 Å². The standard InChI is InChI=1S/C59H42S/c1-60(2)37-46-20-10-11-21-47(46)53-35-55-56(36-57(53)60)58(40-16-4-3-5-17-40)54-34-44(43-26-24-38-14-6-8-18-41(38)32-43)28-29-52(54)59(55)51-31-30-48(49-22-12-13-23-50(49)51)45-27-25-39-15-7-9-19-42(39)33-45/h3-36H,37H2,1-2H3. The van der Waals surface area contributed by atoms with Crippen molar-refractivity contribution in [2.45, 2.75) is 10.6 Å². The van der Waals surface area contributed by atoms with Gasteiger partial charge in [-0.05, 0) is 163 Å². The van der Waals surface area contributed by atoms with Gasteiger partial charge in [0.2, 0.25) is 0 Å². The molecule has 1 heterocycles. The van der Waals surface area contributed by atoms with Gasteiger partial charge in [0.15, 0.2) is 0 Å². The van der Waals surface area contributed by atoms with Crippen LogP contribution in [0.3, 0.4) is 0 Å². The van der Waals surface area contributed by atoms with E-state index in [0.717, 1.165) is 5.75 Å². The number of benzene rings is 11. The zero-order valence-corrected chi connectivity index (χ0v) is 34.6. The second kappa shape index (κ2) is 13.6. The summed E-state index contributed by atoms with van der Waals surface area (Å²) in [5, 5.41) is 12.7. The van der Waals surface area contributed by atoms with Gasteiger partial charge in [0.1, 0.15) is 0 Å².